The Bertz CT molecular complexity index is 546. The molecule has 0 amide bonds. The molecule has 0 saturated carbocycles. The molecule has 0 radical (unpaired) electrons. The Balaban J connectivity index is 2.20. The fourth-order valence-corrected chi connectivity index (χ4v) is 3.00. The van der Waals surface area contributed by atoms with Crippen LogP contribution in [0, 0.1) is 5.82 Å². The SMILES string of the molecule is CNc1ncc(F)c(N(C)Cc2cc(Br)cs2)n1. The average molecular weight is 331 g/mol. The number of nitrogens with one attached hydrogen (secondary N) is 1. The summed E-state index contributed by atoms with van der Waals surface area (Å²) in [5.74, 6) is 0.275. The van der Waals surface area contributed by atoms with Gasteiger partial charge in [-0.3, -0.25) is 0 Å². The van der Waals surface area contributed by atoms with Crippen LogP contribution in [0.3, 0.4) is 0 Å². The van der Waals surface area contributed by atoms with E-state index in [1.54, 1.807) is 30.3 Å². The van der Waals surface area contributed by atoms with E-state index >= 15 is 0 Å². The number of rotatable bonds is 4. The lowest BCUT2D eigenvalue weighted by atomic mass is 10.4. The molecular formula is C11H12BrFN4S. The second kappa shape index (κ2) is 5.62. The molecule has 18 heavy (non-hydrogen) atoms. The number of hydrogen-bond donors (Lipinski definition) is 1. The van der Waals surface area contributed by atoms with Crippen LogP contribution in [-0.4, -0.2) is 24.1 Å². The van der Waals surface area contributed by atoms with Gasteiger partial charge in [0.1, 0.15) is 0 Å². The van der Waals surface area contributed by atoms with Crippen LogP contribution in [0.15, 0.2) is 22.1 Å². The molecule has 0 aliphatic heterocycles. The average Bonchev–Trinajstić information content (AvgIpc) is 2.75. The number of aromatic nitrogens is 2. The quantitative estimate of drug-likeness (QED) is 0.935. The Morgan fingerprint density at radius 2 is 2.33 bits per heavy atom. The van der Waals surface area contributed by atoms with Crippen molar-refractivity contribution in [3.8, 4) is 0 Å². The maximum Gasteiger partial charge on any atom is 0.224 e. The molecule has 0 aliphatic rings. The lowest BCUT2D eigenvalue weighted by Gasteiger charge is -2.18. The van der Waals surface area contributed by atoms with Crippen LogP contribution in [-0.2, 0) is 6.54 Å². The Kier molecular flexibility index (Phi) is 4.13. The number of thiophene rings is 1. The molecule has 0 aliphatic carbocycles. The van der Waals surface area contributed by atoms with Gasteiger partial charge in [0.05, 0.1) is 12.7 Å². The Hall–Kier alpha value is -1.21. The summed E-state index contributed by atoms with van der Waals surface area (Å²) in [5.41, 5.74) is 0. The van der Waals surface area contributed by atoms with E-state index in [1.807, 2.05) is 11.4 Å². The molecule has 2 aromatic heterocycles. The third kappa shape index (κ3) is 2.97. The summed E-state index contributed by atoms with van der Waals surface area (Å²) in [6.45, 7) is 0.605. The van der Waals surface area contributed by atoms with E-state index < -0.39 is 5.82 Å². The molecule has 0 aromatic carbocycles. The predicted molar refractivity (Wildman–Crippen MR) is 75.7 cm³/mol. The summed E-state index contributed by atoms with van der Waals surface area (Å²) >= 11 is 5.02. The van der Waals surface area contributed by atoms with Crippen molar-refractivity contribution in [2.45, 2.75) is 6.54 Å². The maximum atomic E-state index is 13.7. The summed E-state index contributed by atoms with van der Waals surface area (Å²) in [4.78, 5) is 10.8. The van der Waals surface area contributed by atoms with Gasteiger partial charge in [-0.25, -0.2) is 9.37 Å². The first-order chi connectivity index (χ1) is 8.60. The lowest BCUT2D eigenvalue weighted by Crippen LogP contribution is -2.19. The lowest BCUT2D eigenvalue weighted by molar-refractivity contribution is 0.608. The summed E-state index contributed by atoms with van der Waals surface area (Å²) in [6, 6.07) is 2.01. The molecule has 1 N–H and O–H groups in total. The zero-order valence-corrected chi connectivity index (χ0v) is 12.3. The largest absolute Gasteiger partial charge is 0.357 e. The molecule has 96 valence electrons. The molecule has 2 aromatic rings. The van der Waals surface area contributed by atoms with Gasteiger partial charge in [0.2, 0.25) is 5.95 Å². The monoisotopic (exact) mass is 330 g/mol. The van der Waals surface area contributed by atoms with E-state index in [9.17, 15) is 4.39 Å². The van der Waals surface area contributed by atoms with Gasteiger partial charge in [-0.2, -0.15) is 4.98 Å². The van der Waals surface area contributed by atoms with Gasteiger partial charge in [-0.15, -0.1) is 11.3 Å². The molecular weight excluding hydrogens is 319 g/mol. The smallest absolute Gasteiger partial charge is 0.224 e. The molecule has 2 rings (SSSR count). The second-order valence-electron chi connectivity index (χ2n) is 3.70. The standard InChI is InChI=1S/C11H12BrFN4S/c1-14-11-15-4-9(13)10(16-11)17(2)5-8-3-7(12)6-18-8/h3-4,6H,5H2,1-2H3,(H,14,15,16). The number of anilines is 2. The minimum absolute atomic E-state index is 0.291. The topological polar surface area (TPSA) is 41.1 Å². The zero-order chi connectivity index (χ0) is 13.1. The molecule has 0 fully saturated rings. The number of nitrogens with zero attached hydrogens (tertiary/aromatic N) is 3. The van der Waals surface area contributed by atoms with E-state index in [-0.39, 0.29) is 0 Å². The van der Waals surface area contributed by atoms with E-state index in [0.29, 0.717) is 18.3 Å². The second-order valence-corrected chi connectivity index (χ2v) is 5.61. The summed E-state index contributed by atoms with van der Waals surface area (Å²) < 4.78 is 14.7. The fraction of sp³-hybridized carbons (Fsp3) is 0.273. The molecule has 0 spiro atoms. The van der Waals surface area contributed by atoms with Crippen molar-refractivity contribution < 1.29 is 4.39 Å². The molecule has 0 saturated heterocycles. The highest BCUT2D eigenvalue weighted by Gasteiger charge is 2.12. The Morgan fingerprint density at radius 1 is 1.56 bits per heavy atom. The van der Waals surface area contributed by atoms with Gasteiger partial charge >= 0.3 is 0 Å². The number of halogens is 2. The van der Waals surface area contributed by atoms with Crippen molar-refractivity contribution >= 4 is 39.0 Å². The van der Waals surface area contributed by atoms with E-state index in [4.69, 9.17) is 0 Å². The molecule has 0 bridgehead atoms. The highest BCUT2D eigenvalue weighted by atomic mass is 79.9. The van der Waals surface area contributed by atoms with Gasteiger partial charge < -0.3 is 10.2 Å². The van der Waals surface area contributed by atoms with Crippen LogP contribution in [0.1, 0.15) is 4.88 Å². The van der Waals surface area contributed by atoms with Crippen molar-refractivity contribution in [3.05, 3.63) is 32.8 Å². The molecule has 0 unspecified atom stereocenters. The highest BCUT2D eigenvalue weighted by Crippen LogP contribution is 2.23. The minimum Gasteiger partial charge on any atom is -0.357 e. The highest BCUT2D eigenvalue weighted by molar-refractivity contribution is 9.10. The summed E-state index contributed by atoms with van der Waals surface area (Å²) in [5, 5.41) is 4.80. The molecule has 2 heterocycles. The van der Waals surface area contributed by atoms with Crippen LogP contribution in [0.5, 0.6) is 0 Å². The van der Waals surface area contributed by atoms with Gasteiger partial charge in [-0.05, 0) is 22.0 Å². The van der Waals surface area contributed by atoms with Crippen LogP contribution < -0.4 is 10.2 Å². The van der Waals surface area contributed by atoms with Crippen molar-refractivity contribution in [3.63, 3.8) is 0 Å². The Morgan fingerprint density at radius 3 is 2.94 bits per heavy atom. The van der Waals surface area contributed by atoms with Gasteiger partial charge in [0.15, 0.2) is 11.6 Å². The van der Waals surface area contributed by atoms with Crippen molar-refractivity contribution in [1.29, 1.82) is 0 Å². The third-order valence-electron chi connectivity index (χ3n) is 2.33. The Labute approximate surface area is 117 Å². The maximum absolute atomic E-state index is 13.7. The first kappa shape index (κ1) is 13.2. The fourth-order valence-electron chi connectivity index (χ4n) is 1.49. The summed E-state index contributed by atoms with van der Waals surface area (Å²) in [7, 11) is 3.51. The van der Waals surface area contributed by atoms with Crippen molar-refractivity contribution in [1.82, 2.24) is 9.97 Å². The predicted octanol–water partition coefficient (Wildman–Crippen LogP) is 3.12. The van der Waals surface area contributed by atoms with Crippen molar-refractivity contribution in [2.75, 3.05) is 24.3 Å². The van der Waals surface area contributed by atoms with Gasteiger partial charge in [0, 0.05) is 28.8 Å². The number of hydrogen-bond acceptors (Lipinski definition) is 5. The molecule has 4 nitrogen and oxygen atoms in total. The zero-order valence-electron chi connectivity index (χ0n) is 9.94. The van der Waals surface area contributed by atoms with Crippen LogP contribution in [0.2, 0.25) is 0 Å². The van der Waals surface area contributed by atoms with Crippen LogP contribution in [0.4, 0.5) is 16.2 Å². The molecule has 7 heteroatoms. The van der Waals surface area contributed by atoms with Crippen LogP contribution >= 0.6 is 27.3 Å². The van der Waals surface area contributed by atoms with E-state index in [1.165, 1.54) is 6.20 Å². The molecule has 0 atom stereocenters. The summed E-state index contributed by atoms with van der Waals surface area (Å²) in [6.07, 6.45) is 1.18. The minimum atomic E-state index is -0.424. The van der Waals surface area contributed by atoms with E-state index in [2.05, 4.69) is 31.2 Å². The van der Waals surface area contributed by atoms with Gasteiger partial charge in [0.25, 0.3) is 0 Å². The van der Waals surface area contributed by atoms with Crippen molar-refractivity contribution in [2.24, 2.45) is 0 Å². The normalized spacial score (nSPS) is 10.4. The first-order valence-electron chi connectivity index (χ1n) is 5.24. The van der Waals surface area contributed by atoms with E-state index in [0.717, 1.165) is 9.35 Å². The van der Waals surface area contributed by atoms with Gasteiger partial charge in [-0.1, -0.05) is 0 Å². The first-order valence-corrected chi connectivity index (χ1v) is 6.91. The third-order valence-corrected chi connectivity index (χ3v) is 4.01. The van der Waals surface area contributed by atoms with Crippen LogP contribution in [0.25, 0.3) is 0 Å².